The molecule has 2 amide bonds. The molecule has 1 atom stereocenters. The average molecular weight is 344 g/mol. The Hall–Kier alpha value is -2.76. The maximum Gasteiger partial charge on any atom is 0.251 e. The molecular weight excluding hydrogens is 326 g/mol. The van der Waals surface area contributed by atoms with Crippen LogP contribution in [0.15, 0.2) is 48.5 Å². The van der Waals surface area contributed by atoms with Crippen molar-refractivity contribution in [3.8, 4) is 0 Å². The predicted octanol–water partition coefficient (Wildman–Crippen LogP) is 2.96. The van der Waals surface area contributed by atoms with Gasteiger partial charge in [-0.05, 0) is 49.1 Å². The van der Waals surface area contributed by atoms with Gasteiger partial charge in [-0.2, -0.15) is 0 Å². The summed E-state index contributed by atoms with van der Waals surface area (Å²) in [6.45, 7) is -0.228. The van der Waals surface area contributed by atoms with Crippen molar-refractivity contribution in [3.63, 3.8) is 0 Å². The van der Waals surface area contributed by atoms with E-state index < -0.39 is 23.6 Å². The molecule has 0 unspecified atom stereocenters. The molecular formula is C19H18F2N2O2. The van der Waals surface area contributed by atoms with E-state index in [1.165, 1.54) is 0 Å². The van der Waals surface area contributed by atoms with Crippen molar-refractivity contribution >= 4 is 11.8 Å². The third-order valence-corrected chi connectivity index (χ3v) is 4.15. The molecule has 2 aromatic rings. The summed E-state index contributed by atoms with van der Waals surface area (Å²) in [7, 11) is 0. The quantitative estimate of drug-likeness (QED) is 0.846. The van der Waals surface area contributed by atoms with Crippen molar-refractivity contribution in [3.05, 3.63) is 71.3 Å². The topological polar surface area (TPSA) is 58.2 Å². The largest absolute Gasteiger partial charge is 0.347 e. The van der Waals surface area contributed by atoms with Gasteiger partial charge in [0, 0.05) is 11.1 Å². The molecule has 0 heterocycles. The van der Waals surface area contributed by atoms with E-state index in [2.05, 4.69) is 10.6 Å². The zero-order valence-electron chi connectivity index (χ0n) is 13.5. The maximum absolute atomic E-state index is 14.0. The normalized spacial score (nSPS) is 14.6. The fraction of sp³-hybridized carbons (Fsp3) is 0.263. The van der Waals surface area contributed by atoms with Crippen LogP contribution in [-0.2, 0) is 4.79 Å². The van der Waals surface area contributed by atoms with E-state index in [0.717, 1.165) is 31.0 Å². The highest BCUT2D eigenvalue weighted by molar-refractivity contribution is 5.96. The lowest BCUT2D eigenvalue weighted by molar-refractivity contribution is -0.121. The Labute approximate surface area is 144 Å². The van der Waals surface area contributed by atoms with Gasteiger partial charge in [-0.15, -0.1) is 0 Å². The summed E-state index contributed by atoms with van der Waals surface area (Å²) in [5.41, 5.74) is 0.593. The minimum atomic E-state index is -0.586. The number of rotatable bonds is 6. The summed E-state index contributed by atoms with van der Waals surface area (Å²) < 4.78 is 27.4. The molecule has 25 heavy (non-hydrogen) atoms. The van der Waals surface area contributed by atoms with E-state index >= 15 is 0 Å². The van der Waals surface area contributed by atoms with Crippen LogP contribution in [0.2, 0.25) is 0 Å². The smallest absolute Gasteiger partial charge is 0.251 e. The average Bonchev–Trinajstić information content (AvgIpc) is 3.45. The molecule has 0 bridgehead atoms. The Morgan fingerprint density at radius 3 is 2.48 bits per heavy atom. The summed E-state index contributed by atoms with van der Waals surface area (Å²) in [5.74, 6) is -1.81. The Bertz CT molecular complexity index is 776. The van der Waals surface area contributed by atoms with Gasteiger partial charge in [-0.25, -0.2) is 8.78 Å². The first-order valence-electron chi connectivity index (χ1n) is 8.12. The highest BCUT2D eigenvalue weighted by Crippen LogP contribution is 2.41. The van der Waals surface area contributed by atoms with Gasteiger partial charge in [-0.1, -0.05) is 18.2 Å². The number of hydrogen-bond donors (Lipinski definition) is 2. The van der Waals surface area contributed by atoms with Gasteiger partial charge in [0.2, 0.25) is 5.91 Å². The highest BCUT2D eigenvalue weighted by atomic mass is 19.1. The van der Waals surface area contributed by atoms with E-state index in [0.29, 0.717) is 5.56 Å². The van der Waals surface area contributed by atoms with E-state index in [-0.39, 0.29) is 23.9 Å². The van der Waals surface area contributed by atoms with Crippen LogP contribution in [0.3, 0.4) is 0 Å². The van der Waals surface area contributed by atoms with Crippen LogP contribution < -0.4 is 10.6 Å². The molecule has 1 aliphatic rings. The molecule has 1 aliphatic carbocycles. The number of hydrogen-bond acceptors (Lipinski definition) is 2. The number of benzene rings is 2. The van der Waals surface area contributed by atoms with E-state index in [1.54, 1.807) is 30.3 Å². The second-order valence-electron chi connectivity index (χ2n) is 6.10. The number of halogens is 2. The minimum absolute atomic E-state index is 0.0880. The third kappa shape index (κ3) is 4.41. The molecule has 2 N–H and O–H groups in total. The van der Waals surface area contributed by atoms with Crippen LogP contribution in [0.25, 0.3) is 0 Å². The van der Waals surface area contributed by atoms with Gasteiger partial charge in [0.15, 0.2) is 0 Å². The van der Waals surface area contributed by atoms with Crippen LogP contribution in [0.5, 0.6) is 0 Å². The first-order valence-corrected chi connectivity index (χ1v) is 8.12. The number of carbonyl (C=O) groups is 2. The lowest BCUT2D eigenvalue weighted by atomic mass is 10.0. The number of nitrogens with one attached hydrogen (secondary N) is 2. The first kappa shape index (κ1) is 17.1. The lowest BCUT2D eigenvalue weighted by Gasteiger charge is -2.19. The Morgan fingerprint density at radius 1 is 1.08 bits per heavy atom. The molecule has 0 saturated heterocycles. The standard InChI is InChI=1S/C19H18F2N2O2/c20-14-8-9-16(21)15(10-14)18(12-6-7-12)23-17(24)11-22-19(25)13-4-2-1-3-5-13/h1-5,8-10,12,18H,6-7,11H2,(H,22,25)(H,23,24)/t18-/m0/s1. The summed E-state index contributed by atoms with van der Waals surface area (Å²) in [4.78, 5) is 24.1. The summed E-state index contributed by atoms with van der Waals surface area (Å²) >= 11 is 0. The molecule has 0 aliphatic heterocycles. The van der Waals surface area contributed by atoms with Gasteiger partial charge < -0.3 is 10.6 Å². The summed E-state index contributed by atoms with van der Waals surface area (Å²) in [5, 5.41) is 5.23. The summed E-state index contributed by atoms with van der Waals surface area (Å²) in [6, 6.07) is 11.2. The first-order chi connectivity index (χ1) is 12.0. The Balaban J connectivity index is 1.62. The third-order valence-electron chi connectivity index (χ3n) is 4.15. The monoisotopic (exact) mass is 344 g/mol. The van der Waals surface area contributed by atoms with Crippen LogP contribution in [0.1, 0.15) is 34.8 Å². The van der Waals surface area contributed by atoms with E-state index in [9.17, 15) is 18.4 Å². The number of carbonyl (C=O) groups excluding carboxylic acids is 2. The number of amides is 2. The molecule has 1 fully saturated rings. The van der Waals surface area contributed by atoms with Crippen LogP contribution in [0, 0.1) is 17.6 Å². The van der Waals surface area contributed by atoms with Gasteiger partial charge >= 0.3 is 0 Å². The second-order valence-corrected chi connectivity index (χ2v) is 6.10. The fourth-order valence-electron chi connectivity index (χ4n) is 2.71. The second kappa shape index (κ2) is 7.42. The van der Waals surface area contributed by atoms with Crippen molar-refractivity contribution in [2.75, 3.05) is 6.54 Å². The van der Waals surface area contributed by atoms with Crippen LogP contribution >= 0.6 is 0 Å². The summed E-state index contributed by atoms with van der Waals surface area (Å²) in [6.07, 6.45) is 1.69. The van der Waals surface area contributed by atoms with Crippen molar-refractivity contribution in [2.24, 2.45) is 5.92 Å². The van der Waals surface area contributed by atoms with E-state index in [1.807, 2.05) is 0 Å². The molecule has 1 saturated carbocycles. The van der Waals surface area contributed by atoms with Gasteiger partial charge in [0.05, 0.1) is 12.6 Å². The molecule has 2 aromatic carbocycles. The van der Waals surface area contributed by atoms with Crippen molar-refractivity contribution in [1.82, 2.24) is 10.6 Å². The Kier molecular flexibility index (Phi) is 5.07. The molecule has 3 rings (SSSR count). The maximum atomic E-state index is 14.0. The van der Waals surface area contributed by atoms with Crippen molar-refractivity contribution in [2.45, 2.75) is 18.9 Å². The van der Waals surface area contributed by atoms with E-state index in [4.69, 9.17) is 0 Å². The highest BCUT2D eigenvalue weighted by Gasteiger charge is 2.35. The zero-order chi connectivity index (χ0) is 17.8. The fourth-order valence-corrected chi connectivity index (χ4v) is 2.71. The molecule has 130 valence electrons. The predicted molar refractivity (Wildman–Crippen MR) is 88.7 cm³/mol. The molecule has 0 radical (unpaired) electrons. The van der Waals surface area contributed by atoms with Gasteiger partial charge in [0.1, 0.15) is 11.6 Å². The molecule has 0 aromatic heterocycles. The van der Waals surface area contributed by atoms with Crippen molar-refractivity contribution in [1.29, 1.82) is 0 Å². The SMILES string of the molecule is O=C(CNC(=O)c1ccccc1)N[C@H](c1cc(F)ccc1F)C1CC1. The minimum Gasteiger partial charge on any atom is -0.347 e. The molecule has 6 heteroatoms. The Morgan fingerprint density at radius 2 is 1.80 bits per heavy atom. The van der Waals surface area contributed by atoms with Crippen LogP contribution in [-0.4, -0.2) is 18.4 Å². The molecule has 0 spiro atoms. The van der Waals surface area contributed by atoms with Gasteiger partial charge in [0.25, 0.3) is 5.91 Å². The zero-order valence-corrected chi connectivity index (χ0v) is 13.5. The van der Waals surface area contributed by atoms with Crippen LogP contribution in [0.4, 0.5) is 8.78 Å². The van der Waals surface area contributed by atoms with Crippen molar-refractivity contribution < 1.29 is 18.4 Å². The lowest BCUT2D eigenvalue weighted by Crippen LogP contribution is -2.39. The molecule has 4 nitrogen and oxygen atoms in total. The van der Waals surface area contributed by atoms with Gasteiger partial charge in [-0.3, -0.25) is 9.59 Å².